The van der Waals surface area contributed by atoms with Crippen molar-refractivity contribution < 1.29 is 18.7 Å². The van der Waals surface area contributed by atoms with Crippen molar-refractivity contribution >= 4 is 5.97 Å². The van der Waals surface area contributed by atoms with Gasteiger partial charge in [-0.2, -0.15) is 0 Å². The van der Waals surface area contributed by atoms with Crippen LogP contribution in [0.2, 0.25) is 0 Å². The molecular formula is C16H19FN4O3. The van der Waals surface area contributed by atoms with E-state index in [1.807, 2.05) is 0 Å². The maximum atomic E-state index is 14.2. The van der Waals surface area contributed by atoms with E-state index in [4.69, 9.17) is 9.47 Å². The Morgan fingerprint density at radius 1 is 1.33 bits per heavy atom. The number of nitrogens with zero attached hydrogens (tertiary/aromatic N) is 4. The molecule has 1 aromatic heterocycles. The largest absolute Gasteiger partial charge is 0.461 e. The standard InChI is InChI=1S/C16H19FN4O3/c1-2-24-16(22)15-14(11-20-7-9-23-10-8-20)21(19-18-15)13-6-4-3-5-12(13)17/h3-6H,2,7-11H2,1H3. The minimum atomic E-state index is -0.552. The van der Waals surface area contributed by atoms with Crippen LogP contribution in [0.3, 0.4) is 0 Å². The van der Waals surface area contributed by atoms with Crippen molar-refractivity contribution in [1.82, 2.24) is 19.9 Å². The van der Waals surface area contributed by atoms with E-state index in [-0.39, 0.29) is 18.0 Å². The fourth-order valence-corrected chi connectivity index (χ4v) is 2.59. The summed E-state index contributed by atoms with van der Waals surface area (Å²) in [6, 6.07) is 6.26. The van der Waals surface area contributed by atoms with Gasteiger partial charge in [-0.05, 0) is 19.1 Å². The van der Waals surface area contributed by atoms with Crippen LogP contribution in [0.25, 0.3) is 5.69 Å². The lowest BCUT2D eigenvalue weighted by molar-refractivity contribution is 0.0327. The monoisotopic (exact) mass is 334 g/mol. The highest BCUT2D eigenvalue weighted by molar-refractivity contribution is 5.88. The van der Waals surface area contributed by atoms with E-state index in [0.29, 0.717) is 25.5 Å². The van der Waals surface area contributed by atoms with E-state index in [9.17, 15) is 9.18 Å². The quantitative estimate of drug-likeness (QED) is 0.770. The first-order valence-electron chi connectivity index (χ1n) is 7.87. The van der Waals surface area contributed by atoms with Crippen LogP contribution in [-0.4, -0.2) is 58.8 Å². The number of ether oxygens (including phenoxy) is 2. The fourth-order valence-electron chi connectivity index (χ4n) is 2.59. The third-order valence-corrected chi connectivity index (χ3v) is 3.79. The zero-order valence-electron chi connectivity index (χ0n) is 13.4. The summed E-state index contributed by atoms with van der Waals surface area (Å²) >= 11 is 0. The smallest absolute Gasteiger partial charge is 0.360 e. The van der Waals surface area contributed by atoms with Crippen molar-refractivity contribution in [2.75, 3.05) is 32.9 Å². The summed E-state index contributed by atoms with van der Waals surface area (Å²) in [5, 5.41) is 7.92. The zero-order chi connectivity index (χ0) is 16.9. The fraction of sp³-hybridized carbons (Fsp3) is 0.438. The molecule has 1 aromatic carbocycles. The summed E-state index contributed by atoms with van der Waals surface area (Å²) < 4.78 is 25.9. The Labute approximate surface area is 139 Å². The Morgan fingerprint density at radius 3 is 2.79 bits per heavy atom. The maximum Gasteiger partial charge on any atom is 0.360 e. The van der Waals surface area contributed by atoms with Crippen LogP contribution in [-0.2, 0) is 16.0 Å². The van der Waals surface area contributed by atoms with Crippen molar-refractivity contribution in [2.45, 2.75) is 13.5 Å². The van der Waals surface area contributed by atoms with Gasteiger partial charge in [0, 0.05) is 19.6 Å². The zero-order valence-corrected chi connectivity index (χ0v) is 13.4. The number of hydrogen-bond donors (Lipinski definition) is 0. The lowest BCUT2D eigenvalue weighted by Crippen LogP contribution is -2.36. The predicted octanol–water partition coefficient (Wildman–Crippen LogP) is 1.42. The van der Waals surface area contributed by atoms with Gasteiger partial charge in [0.25, 0.3) is 0 Å². The average Bonchev–Trinajstić information content (AvgIpc) is 3.00. The van der Waals surface area contributed by atoms with Crippen LogP contribution in [0.5, 0.6) is 0 Å². The predicted molar refractivity (Wildman–Crippen MR) is 83.4 cm³/mol. The van der Waals surface area contributed by atoms with Crippen LogP contribution in [0.15, 0.2) is 24.3 Å². The first-order chi connectivity index (χ1) is 11.7. The number of carbonyl (C=O) groups excluding carboxylic acids is 1. The number of hydrogen-bond acceptors (Lipinski definition) is 6. The van der Waals surface area contributed by atoms with Crippen molar-refractivity contribution in [3.63, 3.8) is 0 Å². The number of aromatic nitrogens is 3. The molecule has 128 valence electrons. The minimum Gasteiger partial charge on any atom is -0.461 e. The number of morpholine rings is 1. The molecule has 0 atom stereocenters. The van der Waals surface area contributed by atoms with Gasteiger partial charge in [-0.3, -0.25) is 4.90 Å². The molecule has 0 saturated carbocycles. The van der Waals surface area contributed by atoms with Crippen molar-refractivity contribution in [3.8, 4) is 5.69 Å². The molecule has 0 radical (unpaired) electrons. The molecule has 8 heteroatoms. The molecule has 0 spiro atoms. The second kappa shape index (κ2) is 7.50. The summed E-state index contributed by atoms with van der Waals surface area (Å²) in [7, 11) is 0. The van der Waals surface area contributed by atoms with E-state index in [1.165, 1.54) is 10.7 Å². The van der Waals surface area contributed by atoms with E-state index < -0.39 is 11.8 Å². The van der Waals surface area contributed by atoms with Crippen molar-refractivity contribution in [2.24, 2.45) is 0 Å². The van der Waals surface area contributed by atoms with Gasteiger partial charge in [-0.1, -0.05) is 17.3 Å². The third-order valence-electron chi connectivity index (χ3n) is 3.79. The number of carbonyl (C=O) groups is 1. The Kier molecular flexibility index (Phi) is 5.17. The topological polar surface area (TPSA) is 69.5 Å². The second-order valence-electron chi connectivity index (χ2n) is 5.36. The molecule has 0 unspecified atom stereocenters. The molecular weight excluding hydrogens is 315 g/mol. The molecule has 24 heavy (non-hydrogen) atoms. The minimum absolute atomic E-state index is 0.117. The van der Waals surface area contributed by atoms with Gasteiger partial charge >= 0.3 is 5.97 Å². The highest BCUT2D eigenvalue weighted by Gasteiger charge is 2.25. The summed E-state index contributed by atoms with van der Waals surface area (Å²) in [5.74, 6) is -0.982. The lowest BCUT2D eigenvalue weighted by atomic mass is 10.2. The number of rotatable bonds is 5. The van der Waals surface area contributed by atoms with E-state index in [1.54, 1.807) is 25.1 Å². The van der Waals surface area contributed by atoms with Crippen LogP contribution in [0.1, 0.15) is 23.1 Å². The van der Waals surface area contributed by atoms with Gasteiger partial charge in [0.1, 0.15) is 11.5 Å². The van der Waals surface area contributed by atoms with E-state index >= 15 is 0 Å². The number of esters is 1. The summed E-state index contributed by atoms with van der Waals surface area (Å²) in [4.78, 5) is 14.3. The van der Waals surface area contributed by atoms with Crippen molar-refractivity contribution in [3.05, 3.63) is 41.5 Å². The molecule has 2 aromatic rings. The molecule has 2 heterocycles. The van der Waals surface area contributed by atoms with Gasteiger partial charge in [0.15, 0.2) is 5.69 Å². The summed E-state index contributed by atoms with van der Waals surface area (Å²) in [6.07, 6.45) is 0. The van der Waals surface area contributed by atoms with Gasteiger partial charge < -0.3 is 9.47 Å². The van der Waals surface area contributed by atoms with Gasteiger partial charge in [-0.15, -0.1) is 5.10 Å². The number of para-hydroxylation sites is 1. The molecule has 1 saturated heterocycles. The molecule has 0 aliphatic carbocycles. The average molecular weight is 334 g/mol. The van der Waals surface area contributed by atoms with E-state index in [2.05, 4.69) is 15.2 Å². The third kappa shape index (κ3) is 3.44. The SMILES string of the molecule is CCOC(=O)c1nnn(-c2ccccc2F)c1CN1CCOCC1. The molecule has 0 amide bonds. The summed E-state index contributed by atoms with van der Waals surface area (Å²) in [6.45, 7) is 5.07. The molecule has 1 aliphatic heterocycles. The highest BCUT2D eigenvalue weighted by Crippen LogP contribution is 2.19. The molecule has 7 nitrogen and oxygen atoms in total. The first kappa shape index (κ1) is 16.5. The molecule has 1 fully saturated rings. The van der Waals surface area contributed by atoms with Gasteiger partial charge in [-0.25, -0.2) is 13.9 Å². The molecule has 0 N–H and O–H groups in total. The van der Waals surface area contributed by atoms with Crippen molar-refractivity contribution in [1.29, 1.82) is 0 Å². The van der Waals surface area contributed by atoms with Crippen LogP contribution < -0.4 is 0 Å². The molecule has 0 bridgehead atoms. The lowest BCUT2D eigenvalue weighted by Gasteiger charge is -2.26. The van der Waals surface area contributed by atoms with E-state index in [0.717, 1.165) is 13.1 Å². The highest BCUT2D eigenvalue weighted by atomic mass is 19.1. The Balaban J connectivity index is 1.98. The first-order valence-corrected chi connectivity index (χ1v) is 7.87. The molecule has 1 aliphatic rings. The van der Waals surface area contributed by atoms with Gasteiger partial charge in [0.2, 0.25) is 0 Å². The van der Waals surface area contributed by atoms with Crippen LogP contribution in [0, 0.1) is 5.82 Å². The number of benzene rings is 1. The Morgan fingerprint density at radius 2 is 2.08 bits per heavy atom. The maximum absolute atomic E-state index is 14.2. The van der Waals surface area contributed by atoms with Crippen LogP contribution in [0.4, 0.5) is 4.39 Å². The second-order valence-corrected chi connectivity index (χ2v) is 5.36. The van der Waals surface area contributed by atoms with Crippen LogP contribution >= 0.6 is 0 Å². The summed E-state index contributed by atoms with van der Waals surface area (Å²) in [5.41, 5.74) is 0.885. The Bertz CT molecular complexity index is 713. The number of halogens is 1. The van der Waals surface area contributed by atoms with Gasteiger partial charge in [0.05, 0.1) is 25.5 Å². The molecule has 3 rings (SSSR count). The normalized spacial score (nSPS) is 15.4. The Hall–Kier alpha value is -2.32.